The summed E-state index contributed by atoms with van der Waals surface area (Å²) in [5, 5.41) is 20.2. The van der Waals surface area contributed by atoms with Gasteiger partial charge in [0.25, 0.3) is 5.91 Å². The Bertz CT molecular complexity index is 1430. The van der Waals surface area contributed by atoms with E-state index in [1.165, 1.54) is 24.5 Å². The summed E-state index contributed by atoms with van der Waals surface area (Å²) in [5.41, 5.74) is 2.04. The number of hydrogen-bond acceptors (Lipinski definition) is 6. The molecule has 1 aromatic carbocycles. The van der Waals surface area contributed by atoms with Crippen molar-refractivity contribution in [3.8, 4) is 11.8 Å². The fourth-order valence-electron chi connectivity index (χ4n) is 5.44. The van der Waals surface area contributed by atoms with Gasteiger partial charge in [0.2, 0.25) is 0 Å². The first kappa shape index (κ1) is 27.1. The molecule has 0 fully saturated rings. The van der Waals surface area contributed by atoms with E-state index < -0.39 is 24.2 Å². The maximum Gasteiger partial charge on any atom is 0.410 e. The topological polar surface area (TPSA) is 92.0 Å². The maximum absolute atomic E-state index is 14.1. The number of nitrogens with one attached hydrogen (secondary N) is 2. The van der Waals surface area contributed by atoms with E-state index >= 15 is 0 Å². The third kappa shape index (κ3) is 5.22. The number of amides is 1. The van der Waals surface area contributed by atoms with Gasteiger partial charge in [-0.25, -0.2) is 4.68 Å². The van der Waals surface area contributed by atoms with E-state index in [0.717, 1.165) is 34.4 Å². The molecule has 0 spiro atoms. The minimum atomic E-state index is -4.56. The zero-order valence-electron chi connectivity index (χ0n) is 22.1. The number of ether oxygens (including phenoxy) is 1. The molecule has 1 aliphatic carbocycles. The molecule has 3 heterocycles. The van der Waals surface area contributed by atoms with Gasteiger partial charge in [0.1, 0.15) is 22.6 Å². The van der Waals surface area contributed by atoms with E-state index in [1.807, 2.05) is 0 Å². The predicted octanol–water partition coefficient (Wildman–Crippen LogP) is 6.89. The van der Waals surface area contributed by atoms with Crippen molar-refractivity contribution in [1.82, 2.24) is 9.78 Å². The summed E-state index contributed by atoms with van der Waals surface area (Å²) in [5.74, 6) is 0.520. The average Bonchev–Trinajstić information content (AvgIpc) is 3.47. The van der Waals surface area contributed by atoms with Gasteiger partial charge in [-0.05, 0) is 53.9 Å². The molecule has 11 heteroatoms. The van der Waals surface area contributed by atoms with Gasteiger partial charge in [0.05, 0.1) is 18.7 Å². The molecule has 0 unspecified atom stereocenters. The van der Waals surface area contributed by atoms with E-state index in [0.29, 0.717) is 27.8 Å². The quantitative estimate of drug-likeness (QED) is 0.365. The van der Waals surface area contributed by atoms with Crippen molar-refractivity contribution >= 4 is 28.1 Å². The van der Waals surface area contributed by atoms with Crippen molar-refractivity contribution < 1.29 is 22.7 Å². The largest absolute Gasteiger partial charge is 0.497 e. The third-order valence-electron chi connectivity index (χ3n) is 7.77. The zero-order valence-corrected chi connectivity index (χ0v) is 23.0. The van der Waals surface area contributed by atoms with E-state index in [2.05, 4.69) is 42.6 Å². The lowest BCUT2D eigenvalue weighted by molar-refractivity contribution is -0.173. The molecule has 0 bridgehead atoms. The summed E-state index contributed by atoms with van der Waals surface area (Å²) in [6.07, 6.45) is -2.29. The number of halogens is 3. The fourth-order valence-corrected chi connectivity index (χ4v) is 6.71. The van der Waals surface area contributed by atoms with E-state index in [4.69, 9.17) is 4.74 Å². The second kappa shape index (κ2) is 9.90. The molecule has 39 heavy (non-hydrogen) atoms. The number of nitriles is 1. The minimum absolute atomic E-state index is 0.105. The van der Waals surface area contributed by atoms with Crippen LogP contribution >= 0.6 is 11.3 Å². The number of anilines is 2. The maximum atomic E-state index is 14.1. The number of hydrogen-bond donors (Lipinski definition) is 2. The van der Waals surface area contributed by atoms with Crippen LogP contribution in [0.2, 0.25) is 0 Å². The summed E-state index contributed by atoms with van der Waals surface area (Å²) in [7, 11) is 1.52. The summed E-state index contributed by atoms with van der Waals surface area (Å²) in [6.45, 7) is 6.60. The number of thiophene rings is 1. The molecule has 7 nitrogen and oxygen atoms in total. The third-order valence-corrected chi connectivity index (χ3v) is 8.94. The fraction of sp³-hybridized carbons (Fsp3) is 0.464. The van der Waals surface area contributed by atoms with Gasteiger partial charge in [-0.2, -0.15) is 23.5 Å². The molecule has 1 aliphatic heterocycles. The van der Waals surface area contributed by atoms with Crippen molar-refractivity contribution in [1.29, 1.82) is 5.26 Å². The number of carbonyl (C=O) groups excluding carboxylic acids is 1. The summed E-state index contributed by atoms with van der Waals surface area (Å²) < 4.78 is 48.3. The van der Waals surface area contributed by atoms with Crippen molar-refractivity contribution in [2.75, 3.05) is 17.7 Å². The van der Waals surface area contributed by atoms with Crippen LogP contribution in [0.3, 0.4) is 0 Å². The molecule has 2 aromatic heterocycles. The van der Waals surface area contributed by atoms with E-state index in [-0.39, 0.29) is 23.3 Å². The Kier molecular flexibility index (Phi) is 6.87. The first-order valence-electron chi connectivity index (χ1n) is 12.8. The molecule has 0 saturated heterocycles. The molecule has 2 N–H and O–H groups in total. The van der Waals surface area contributed by atoms with Gasteiger partial charge in [-0.15, -0.1) is 11.3 Å². The Morgan fingerprint density at radius 2 is 1.97 bits per heavy atom. The van der Waals surface area contributed by atoms with Crippen molar-refractivity contribution in [3.63, 3.8) is 0 Å². The lowest BCUT2D eigenvalue weighted by Gasteiger charge is -2.33. The van der Waals surface area contributed by atoms with Crippen molar-refractivity contribution in [2.24, 2.45) is 11.3 Å². The first-order valence-corrected chi connectivity index (χ1v) is 13.6. The second-order valence-corrected chi connectivity index (χ2v) is 12.3. The molecule has 0 radical (unpaired) electrons. The monoisotopic (exact) mass is 557 g/mol. The highest BCUT2D eigenvalue weighted by Gasteiger charge is 2.47. The Hall–Kier alpha value is -3.52. The number of nitrogens with zero attached hydrogens (tertiary/aromatic N) is 3. The lowest BCUT2D eigenvalue weighted by atomic mass is 9.72. The molecular weight excluding hydrogens is 527 g/mol. The summed E-state index contributed by atoms with van der Waals surface area (Å²) >= 11 is 1.37. The number of aromatic nitrogens is 2. The van der Waals surface area contributed by atoms with Crippen LogP contribution in [0.25, 0.3) is 0 Å². The van der Waals surface area contributed by atoms with Gasteiger partial charge in [-0.3, -0.25) is 4.79 Å². The van der Waals surface area contributed by atoms with Gasteiger partial charge in [0.15, 0.2) is 11.7 Å². The Labute approximate surface area is 229 Å². The Balaban J connectivity index is 1.41. The highest BCUT2D eigenvalue weighted by Crippen LogP contribution is 2.45. The lowest BCUT2D eigenvalue weighted by Crippen LogP contribution is -2.35. The molecule has 3 atom stereocenters. The highest BCUT2D eigenvalue weighted by molar-refractivity contribution is 7.16. The SMILES string of the molecule is COc1ccc([C@@H]2C[C@@H](C(F)(F)F)n3nc(C(=O)Nc4sc5c(c4C#N)CC[C@H](C(C)(C)C)C5)cc3N2)cc1. The zero-order chi connectivity index (χ0) is 28.1. The summed E-state index contributed by atoms with van der Waals surface area (Å²) in [6, 6.07) is 7.85. The number of benzene rings is 1. The smallest absolute Gasteiger partial charge is 0.410 e. The van der Waals surface area contributed by atoms with Crippen LogP contribution in [0.1, 0.15) is 77.8 Å². The minimum Gasteiger partial charge on any atom is -0.497 e. The average molecular weight is 558 g/mol. The molecule has 5 rings (SSSR count). The Morgan fingerprint density at radius 3 is 2.59 bits per heavy atom. The number of fused-ring (bicyclic) bond motifs is 2. The number of carbonyl (C=O) groups is 1. The van der Waals surface area contributed by atoms with Crippen molar-refractivity contribution in [2.45, 2.75) is 64.7 Å². The van der Waals surface area contributed by atoms with Crippen LogP contribution < -0.4 is 15.4 Å². The van der Waals surface area contributed by atoms with Gasteiger partial charge in [-0.1, -0.05) is 32.9 Å². The molecular formula is C28H30F3N5O2S. The normalized spacial score (nSPS) is 20.8. The molecule has 3 aromatic rings. The van der Waals surface area contributed by atoms with Crippen LogP contribution in [-0.2, 0) is 12.8 Å². The second-order valence-electron chi connectivity index (χ2n) is 11.2. The van der Waals surface area contributed by atoms with Crippen LogP contribution in [0.4, 0.5) is 24.0 Å². The number of rotatable bonds is 4. The summed E-state index contributed by atoms with van der Waals surface area (Å²) in [4.78, 5) is 14.3. The first-order chi connectivity index (χ1) is 18.4. The van der Waals surface area contributed by atoms with Crippen LogP contribution in [0.15, 0.2) is 30.3 Å². The predicted molar refractivity (Wildman–Crippen MR) is 143 cm³/mol. The molecule has 0 saturated carbocycles. The van der Waals surface area contributed by atoms with Crippen LogP contribution in [0.5, 0.6) is 5.75 Å². The highest BCUT2D eigenvalue weighted by atomic mass is 32.1. The van der Waals surface area contributed by atoms with E-state index in [9.17, 15) is 23.2 Å². The number of alkyl halides is 3. The molecule has 2 aliphatic rings. The number of methoxy groups -OCH3 is 1. The Morgan fingerprint density at radius 1 is 1.26 bits per heavy atom. The van der Waals surface area contributed by atoms with Crippen molar-refractivity contribution in [3.05, 3.63) is 57.6 Å². The standard InChI is InChI=1S/C28H30F3N5O2S/c1-27(2,3)16-7-10-18-19(14-32)26(39-22(18)11-16)34-25(37)21-13-24-33-20(15-5-8-17(38-4)9-6-15)12-23(28(29,30)31)36(24)35-21/h5-6,8-9,13,16,20,23,33H,7,10-12H2,1-4H3,(H,34,37)/t16-,20-,23-/m0/s1. The molecule has 206 valence electrons. The van der Waals surface area contributed by atoms with Gasteiger partial charge in [0, 0.05) is 17.4 Å². The van der Waals surface area contributed by atoms with Gasteiger partial charge >= 0.3 is 6.18 Å². The van der Waals surface area contributed by atoms with Gasteiger partial charge < -0.3 is 15.4 Å². The van der Waals surface area contributed by atoms with Crippen LogP contribution in [-0.4, -0.2) is 29.0 Å². The van der Waals surface area contributed by atoms with E-state index in [1.54, 1.807) is 24.3 Å². The van der Waals surface area contributed by atoms with Crippen LogP contribution in [0, 0.1) is 22.7 Å². The molecule has 1 amide bonds.